The Morgan fingerprint density at radius 2 is 1.67 bits per heavy atom. The van der Waals surface area contributed by atoms with E-state index in [0.717, 1.165) is 16.3 Å². The molecule has 110 valence electrons. The Bertz CT molecular complexity index is 669. The van der Waals surface area contributed by atoms with E-state index < -0.39 is 12.1 Å². The maximum atomic E-state index is 11.9. The lowest BCUT2D eigenvalue weighted by Crippen LogP contribution is -2.47. The van der Waals surface area contributed by atoms with Gasteiger partial charge < -0.3 is 16.4 Å². The van der Waals surface area contributed by atoms with Crippen molar-refractivity contribution in [1.29, 1.82) is 0 Å². The minimum Gasteiger partial charge on any atom is -0.352 e. The smallest absolute Gasteiger partial charge is 0.312 e. The number of primary amides is 1. The maximum Gasteiger partial charge on any atom is 0.312 e. The monoisotopic (exact) mass is 285 g/mol. The van der Waals surface area contributed by atoms with Crippen molar-refractivity contribution in [2.24, 2.45) is 5.73 Å². The van der Waals surface area contributed by atoms with Crippen molar-refractivity contribution in [3.8, 4) is 0 Å². The van der Waals surface area contributed by atoms with E-state index in [1.807, 2.05) is 49.4 Å². The first-order valence-corrected chi connectivity index (χ1v) is 6.82. The number of fused-ring (bicyclic) bond motifs is 1. The van der Waals surface area contributed by atoms with Crippen LogP contribution in [0.25, 0.3) is 10.8 Å². The molecule has 2 atom stereocenters. The molecule has 0 saturated carbocycles. The Balaban J connectivity index is 2.09. The Morgan fingerprint density at radius 1 is 1.00 bits per heavy atom. The Hall–Kier alpha value is -2.56. The number of benzene rings is 2. The molecule has 5 heteroatoms. The standard InChI is InChI=1S/C16H19N3O2/c1-10(18-15(20)11(2)19-16(17)21)13-8-7-12-5-3-4-6-14(12)9-13/h3-11H,1-2H3,(H,18,20)(H3,17,19,21). The second-order valence-electron chi connectivity index (χ2n) is 5.07. The second kappa shape index (κ2) is 6.26. The van der Waals surface area contributed by atoms with Crippen molar-refractivity contribution in [3.63, 3.8) is 0 Å². The highest BCUT2D eigenvalue weighted by molar-refractivity contribution is 5.87. The molecule has 21 heavy (non-hydrogen) atoms. The van der Waals surface area contributed by atoms with E-state index in [0.29, 0.717) is 0 Å². The molecule has 0 spiro atoms. The largest absolute Gasteiger partial charge is 0.352 e. The van der Waals surface area contributed by atoms with Gasteiger partial charge in [-0.05, 0) is 36.2 Å². The zero-order valence-electron chi connectivity index (χ0n) is 12.1. The molecule has 3 amide bonds. The molecule has 0 aliphatic heterocycles. The molecule has 0 radical (unpaired) electrons. The molecule has 5 nitrogen and oxygen atoms in total. The molecule has 0 saturated heterocycles. The van der Waals surface area contributed by atoms with Gasteiger partial charge in [0.15, 0.2) is 0 Å². The fraction of sp³-hybridized carbons (Fsp3) is 0.250. The second-order valence-corrected chi connectivity index (χ2v) is 5.07. The number of carbonyl (C=O) groups is 2. The summed E-state index contributed by atoms with van der Waals surface area (Å²) >= 11 is 0. The van der Waals surface area contributed by atoms with Gasteiger partial charge in [0.05, 0.1) is 6.04 Å². The van der Waals surface area contributed by atoms with Crippen molar-refractivity contribution >= 4 is 22.7 Å². The molecule has 2 unspecified atom stereocenters. The van der Waals surface area contributed by atoms with Gasteiger partial charge in [-0.2, -0.15) is 0 Å². The summed E-state index contributed by atoms with van der Waals surface area (Å²) in [6.07, 6.45) is 0. The Kier molecular flexibility index (Phi) is 4.42. The van der Waals surface area contributed by atoms with Crippen LogP contribution in [0.4, 0.5) is 4.79 Å². The van der Waals surface area contributed by atoms with E-state index in [4.69, 9.17) is 5.73 Å². The summed E-state index contributed by atoms with van der Waals surface area (Å²) in [5, 5.41) is 7.49. The van der Waals surface area contributed by atoms with E-state index in [1.165, 1.54) is 0 Å². The highest BCUT2D eigenvalue weighted by Gasteiger charge is 2.17. The molecule has 2 rings (SSSR count). The number of hydrogen-bond acceptors (Lipinski definition) is 2. The van der Waals surface area contributed by atoms with Gasteiger partial charge >= 0.3 is 6.03 Å². The van der Waals surface area contributed by atoms with Gasteiger partial charge in [-0.3, -0.25) is 4.79 Å². The summed E-state index contributed by atoms with van der Waals surface area (Å²) in [5.41, 5.74) is 6.01. The molecule has 2 aromatic rings. The van der Waals surface area contributed by atoms with E-state index in [-0.39, 0.29) is 11.9 Å². The van der Waals surface area contributed by atoms with Gasteiger partial charge in [0.25, 0.3) is 0 Å². The minimum absolute atomic E-state index is 0.153. The SMILES string of the molecule is CC(NC(N)=O)C(=O)NC(C)c1ccc2ccccc2c1. The summed E-state index contributed by atoms with van der Waals surface area (Å²) in [4.78, 5) is 22.7. The summed E-state index contributed by atoms with van der Waals surface area (Å²) in [6, 6.07) is 12.6. The molecular formula is C16H19N3O2. The lowest BCUT2D eigenvalue weighted by molar-refractivity contribution is -0.123. The zero-order valence-corrected chi connectivity index (χ0v) is 12.1. The zero-order chi connectivity index (χ0) is 15.4. The van der Waals surface area contributed by atoms with Crippen LogP contribution < -0.4 is 16.4 Å². The predicted molar refractivity (Wildman–Crippen MR) is 82.7 cm³/mol. The minimum atomic E-state index is -0.712. The first-order valence-electron chi connectivity index (χ1n) is 6.82. The molecule has 4 N–H and O–H groups in total. The van der Waals surface area contributed by atoms with Crippen LogP contribution in [0.1, 0.15) is 25.5 Å². The van der Waals surface area contributed by atoms with E-state index >= 15 is 0 Å². The molecule has 0 heterocycles. The Labute approximate surface area is 123 Å². The van der Waals surface area contributed by atoms with Crippen molar-refractivity contribution in [2.45, 2.75) is 25.9 Å². The van der Waals surface area contributed by atoms with Crippen molar-refractivity contribution in [3.05, 3.63) is 48.0 Å². The number of urea groups is 1. The fourth-order valence-corrected chi connectivity index (χ4v) is 2.18. The third-order valence-corrected chi connectivity index (χ3v) is 3.38. The van der Waals surface area contributed by atoms with E-state index in [2.05, 4.69) is 10.6 Å². The summed E-state index contributed by atoms with van der Waals surface area (Å²) in [7, 11) is 0. The molecule has 0 bridgehead atoms. The van der Waals surface area contributed by atoms with Crippen LogP contribution in [0, 0.1) is 0 Å². The first-order chi connectivity index (χ1) is 9.97. The number of hydrogen-bond donors (Lipinski definition) is 3. The van der Waals surface area contributed by atoms with Gasteiger partial charge in [-0.15, -0.1) is 0 Å². The third-order valence-electron chi connectivity index (χ3n) is 3.38. The average Bonchev–Trinajstić information content (AvgIpc) is 2.45. The van der Waals surface area contributed by atoms with Crippen LogP contribution in [0.3, 0.4) is 0 Å². The van der Waals surface area contributed by atoms with Crippen LogP contribution >= 0.6 is 0 Å². The van der Waals surface area contributed by atoms with Crippen LogP contribution in [0.15, 0.2) is 42.5 Å². The Morgan fingerprint density at radius 3 is 2.33 bits per heavy atom. The molecule has 0 aliphatic carbocycles. The summed E-state index contributed by atoms with van der Waals surface area (Å²) in [5.74, 6) is -0.269. The topological polar surface area (TPSA) is 84.2 Å². The number of nitrogens with two attached hydrogens (primary N) is 1. The maximum absolute atomic E-state index is 11.9. The molecule has 0 aliphatic rings. The number of amides is 3. The lowest BCUT2D eigenvalue weighted by Gasteiger charge is -2.18. The van der Waals surface area contributed by atoms with Crippen LogP contribution in [0.5, 0.6) is 0 Å². The van der Waals surface area contributed by atoms with E-state index in [1.54, 1.807) is 6.92 Å². The van der Waals surface area contributed by atoms with Crippen molar-refractivity contribution in [1.82, 2.24) is 10.6 Å². The van der Waals surface area contributed by atoms with Gasteiger partial charge in [0.2, 0.25) is 5.91 Å². The van der Waals surface area contributed by atoms with Crippen LogP contribution in [-0.4, -0.2) is 18.0 Å². The molecule has 0 fully saturated rings. The summed E-state index contributed by atoms with van der Waals surface area (Å²) in [6.45, 7) is 3.49. The molecule has 0 aromatic heterocycles. The molecular weight excluding hydrogens is 266 g/mol. The first kappa shape index (κ1) is 14.8. The van der Waals surface area contributed by atoms with Crippen LogP contribution in [-0.2, 0) is 4.79 Å². The quantitative estimate of drug-likeness (QED) is 0.803. The van der Waals surface area contributed by atoms with E-state index in [9.17, 15) is 9.59 Å². The fourth-order valence-electron chi connectivity index (χ4n) is 2.18. The number of rotatable bonds is 4. The third kappa shape index (κ3) is 3.72. The normalized spacial score (nSPS) is 13.4. The van der Waals surface area contributed by atoms with Gasteiger partial charge in [0.1, 0.15) is 6.04 Å². The van der Waals surface area contributed by atoms with Crippen molar-refractivity contribution < 1.29 is 9.59 Å². The highest BCUT2D eigenvalue weighted by Crippen LogP contribution is 2.20. The van der Waals surface area contributed by atoms with Crippen molar-refractivity contribution in [2.75, 3.05) is 0 Å². The average molecular weight is 285 g/mol. The lowest BCUT2D eigenvalue weighted by atomic mass is 10.0. The van der Waals surface area contributed by atoms with Crippen LogP contribution in [0.2, 0.25) is 0 Å². The highest BCUT2D eigenvalue weighted by atomic mass is 16.2. The van der Waals surface area contributed by atoms with Gasteiger partial charge in [-0.1, -0.05) is 36.4 Å². The van der Waals surface area contributed by atoms with Gasteiger partial charge in [0, 0.05) is 0 Å². The molecule has 2 aromatic carbocycles. The number of nitrogens with one attached hydrogen (secondary N) is 2. The van der Waals surface area contributed by atoms with Gasteiger partial charge in [-0.25, -0.2) is 4.79 Å². The number of carbonyl (C=O) groups excluding carboxylic acids is 2. The summed E-state index contributed by atoms with van der Waals surface area (Å²) < 4.78 is 0. The predicted octanol–water partition coefficient (Wildman–Crippen LogP) is 2.07.